The molecule has 0 aromatic carbocycles. The van der Waals surface area contributed by atoms with Crippen molar-refractivity contribution in [2.24, 2.45) is 5.92 Å². The van der Waals surface area contributed by atoms with Crippen molar-refractivity contribution in [1.82, 2.24) is 14.9 Å². The van der Waals surface area contributed by atoms with Gasteiger partial charge < -0.3 is 14.4 Å². The molecule has 0 saturated carbocycles. The lowest BCUT2D eigenvalue weighted by atomic mass is 9.98. The first kappa shape index (κ1) is 15.0. The van der Waals surface area contributed by atoms with E-state index in [1.54, 1.807) is 12.4 Å². The maximum atomic E-state index is 5.82. The van der Waals surface area contributed by atoms with Crippen LogP contribution in [0, 0.1) is 5.92 Å². The Morgan fingerprint density at radius 2 is 1.81 bits per heavy atom. The van der Waals surface area contributed by atoms with E-state index in [9.17, 15) is 0 Å². The van der Waals surface area contributed by atoms with Crippen LogP contribution in [-0.4, -0.2) is 53.8 Å². The molecule has 0 spiro atoms. The Bertz CT molecular complexity index is 429. The molecule has 116 valence electrons. The zero-order valence-electron chi connectivity index (χ0n) is 12.2. The minimum atomic E-state index is 0.220. The van der Waals surface area contributed by atoms with Crippen LogP contribution in [0.3, 0.4) is 0 Å². The van der Waals surface area contributed by atoms with Crippen LogP contribution in [0.2, 0.25) is 5.02 Å². The Balaban J connectivity index is 1.41. The van der Waals surface area contributed by atoms with Crippen molar-refractivity contribution in [3.8, 4) is 6.01 Å². The molecule has 0 amide bonds. The normalized spacial score (nSPS) is 22.3. The topological polar surface area (TPSA) is 47.5 Å². The van der Waals surface area contributed by atoms with E-state index in [0.29, 0.717) is 11.0 Å². The molecule has 2 fully saturated rings. The van der Waals surface area contributed by atoms with E-state index in [1.165, 1.54) is 19.4 Å². The van der Waals surface area contributed by atoms with Gasteiger partial charge in [-0.2, -0.15) is 0 Å². The Labute approximate surface area is 130 Å². The average Bonchev–Trinajstić information content (AvgIpc) is 2.53. The molecular weight excluding hydrogens is 290 g/mol. The van der Waals surface area contributed by atoms with Crippen molar-refractivity contribution in [1.29, 1.82) is 0 Å². The van der Waals surface area contributed by atoms with Crippen molar-refractivity contribution >= 4 is 11.6 Å². The number of hydrogen-bond donors (Lipinski definition) is 0. The van der Waals surface area contributed by atoms with E-state index in [1.807, 2.05) is 0 Å². The van der Waals surface area contributed by atoms with Crippen LogP contribution in [0.4, 0.5) is 0 Å². The molecule has 5 nitrogen and oxygen atoms in total. The summed E-state index contributed by atoms with van der Waals surface area (Å²) in [6.07, 6.45) is 7.85. The zero-order valence-corrected chi connectivity index (χ0v) is 13.0. The number of hydrogen-bond acceptors (Lipinski definition) is 5. The first-order chi connectivity index (χ1) is 10.3. The summed E-state index contributed by atoms with van der Waals surface area (Å²) >= 11 is 5.77. The molecule has 1 aromatic heterocycles. The Morgan fingerprint density at radius 1 is 1.14 bits per heavy atom. The molecule has 0 N–H and O–H groups in total. The highest BCUT2D eigenvalue weighted by Crippen LogP contribution is 2.21. The second-order valence-electron chi connectivity index (χ2n) is 5.86. The second kappa shape index (κ2) is 7.38. The number of aromatic nitrogens is 2. The molecule has 2 saturated heterocycles. The molecule has 2 aliphatic heterocycles. The minimum Gasteiger partial charge on any atom is -0.460 e. The third-order valence-corrected chi connectivity index (χ3v) is 4.46. The maximum absolute atomic E-state index is 5.82. The summed E-state index contributed by atoms with van der Waals surface area (Å²) in [7, 11) is 0. The number of ether oxygens (including phenoxy) is 2. The van der Waals surface area contributed by atoms with E-state index in [-0.39, 0.29) is 6.10 Å². The summed E-state index contributed by atoms with van der Waals surface area (Å²) in [6, 6.07) is 0.433. The standard InChI is InChI=1S/C15H22ClN3O2/c16-13-9-17-15(18-10-13)21-14-1-5-19(6-2-14)11-12-3-7-20-8-4-12/h9-10,12,14H,1-8,11H2. The Hall–Kier alpha value is -0.910. The minimum absolute atomic E-state index is 0.220. The lowest BCUT2D eigenvalue weighted by Crippen LogP contribution is -2.41. The molecule has 0 bridgehead atoms. The van der Waals surface area contributed by atoms with Gasteiger partial charge in [0.15, 0.2) is 0 Å². The SMILES string of the molecule is Clc1cnc(OC2CCN(CC3CCOCC3)CC2)nc1. The Morgan fingerprint density at radius 3 is 2.48 bits per heavy atom. The largest absolute Gasteiger partial charge is 0.460 e. The van der Waals surface area contributed by atoms with E-state index in [2.05, 4.69) is 14.9 Å². The van der Waals surface area contributed by atoms with Crippen molar-refractivity contribution in [3.05, 3.63) is 17.4 Å². The molecule has 0 atom stereocenters. The summed E-state index contributed by atoms with van der Waals surface area (Å²) in [6.45, 7) is 5.25. The van der Waals surface area contributed by atoms with Gasteiger partial charge in [-0.1, -0.05) is 11.6 Å². The van der Waals surface area contributed by atoms with E-state index < -0.39 is 0 Å². The van der Waals surface area contributed by atoms with Gasteiger partial charge in [0.25, 0.3) is 0 Å². The third kappa shape index (κ3) is 4.53. The van der Waals surface area contributed by atoms with Crippen LogP contribution in [-0.2, 0) is 4.74 Å². The van der Waals surface area contributed by atoms with Crippen LogP contribution < -0.4 is 4.74 Å². The number of halogens is 1. The molecule has 6 heteroatoms. The molecule has 3 rings (SSSR count). The number of rotatable bonds is 4. The van der Waals surface area contributed by atoms with Crippen LogP contribution in [0.1, 0.15) is 25.7 Å². The molecule has 21 heavy (non-hydrogen) atoms. The first-order valence-corrected chi connectivity index (χ1v) is 8.12. The van der Waals surface area contributed by atoms with Gasteiger partial charge in [-0.25, -0.2) is 9.97 Å². The highest BCUT2D eigenvalue weighted by molar-refractivity contribution is 6.30. The molecule has 3 heterocycles. The highest BCUT2D eigenvalue weighted by atomic mass is 35.5. The number of likely N-dealkylation sites (tertiary alicyclic amines) is 1. The Kier molecular flexibility index (Phi) is 5.27. The smallest absolute Gasteiger partial charge is 0.316 e. The van der Waals surface area contributed by atoms with Gasteiger partial charge in [-0.3, -0.25) is 0 Å². The summed E-state index contributed by atoms with van der Waals surface area (Å²) in [5.41, 5.74) is 0. The van der Waals surface area contributed by atoms with Crippen molar-refractivity contribution in [2.45, 2.75) is 31.8 Å². The molecular formula is C15H22ClN3O2. The predicted octanol–water partition coefficient (Wildman–Crippen LogP) is 2.40. The lowest BCUT2D eigenvalue weighted by molar-refractivity contribution is 0.0375. The van der Waals surface area contributed by atoms with Crippen molar-refractivity contribution < 1.29 is 9.47 Å². The fraction of sp³-hybridized carbons (Fsp3) is 0.733. The maximum Gasteiger partial charge on any atom is 0.316 e. The quantitative estimate of drug-likeness (QED) is 0.854. The fourth-order valence-corrected chi connectivity index (χ4v) is 3.11. The molecule has 0 unspecified atom stereocenters. The summed E-state index contributed by atoms with van der Waals surface area (Å²) in [4.78, 5) is 10.7. The van der Waals surface area contributed by atoms with Crippen molar-refractivity contribution in [3.63, 3.8) is 0 Å². The number of piperidine rings is 1. The van der Waals surface area contributed by atoms with Crippen LogP contribution >= 0.6 is 11.6 Å². The summed E-state index contributed by atoms with van der Waals surface area (Å²) in [5.74, 6) is 0.802. The van der Waals surface area contributed by atoms with Gasteiger partial charge in [0.1, 0.15) is 6.10 Å². The van der Waals surface area contributed by atoms with Gasteiger partial charge >= 0.3 is 6.01 Å². The molecule has 0 radical (unpaired) electrons. The van der Waals surface area contributed by atoms with Crippen molar-refractivity contribution in [2.75, 3.05) is 32.8 Å². The van der Waals surface area contributed by atoms with Crippen LogP contribution in [0.5, 0.6) is 6.01 Å². The molecule has 0 aliphatic carbocycles. The zero-order chi connectivity index (χ0) is 14.5. The van der Waals surface area contributed by atoms with Gasteiger partial charge in [-0.15, -0.1) is 0 Å². The predicted molar refractivity (Wildman–Crippen MR) is 80.7 cm³/mol. The first-order valence-electron chi connectivity index (χ1n) is 7.74. The molecule has 1 aromatic rings. The van der Waals surface area contributed by atoms with Gasteiger partial charge in [-0.05, 0) is 31.6 Å². The average molecular weight is 312 g/mol. The summed E-state index contributed by atoms with van der Waals surface area (Å²) in [5, 5.41) is 0.536. The highest BCUT2D eigenvalue weighted by Gasteiger charge is 2.24. The fourth-order valence-electron chi connectivity index (χ4n) is 3.01. The van der Waals surface area contributed by atoms with Crippen LogP contribution in [0.25, 0.3) is 0 Å². The monoisotopic (exact) mass is 311 g/mol. The van der Waals surface area contributed by atoms with Crippen LogP contribution in [0.15, 0.2) is 12.4 Å². The van der Waals surface area contributed by atoms with E-state index in [0.717, 1.165) is 45.1 Å². The van der Waals surface area contributed by atoms with E-state index >= 15 is 0 Å². The second-order valence-corrected chi connectivity index (χ2v) is 6.29. The van der Waals surface area contributed by atoms with Gasteiger partial charge in [0.2, 0.25) is 0 Å². The third-order valence-electron chi connectivity index (χ3n) is 4.26. The van der Waals surface area contributed by atoms with Gasteiger partial charge in [0, 0.05) is 32.8 Å². The molecule has 2 aliphatic rings. The van der Waals surface area contributed by atoms with Gasteiger partial charge in [0.05, 0.1) is 17.4 Å². The van der Waals surface area contributed by atoms with E-state index in [4.69, 9.17) is 21.1 Å². The summed E-state index contributed by atoms with van der Waals surface area (Å²) < 4.78 is 11.2. The lowest BCUT2D eigenvalue weighted by Gasteiger charge is -2.34. The number of nitrogens with zero attached hydrogens (tertiary/aromatic N) is 3.